The van der Waals surface area contributed by atoms with E-state index in [1.54, 1.807) is 33.8 Å². The number of hydrogen-bond acceptors (Lipinski definition) is 3. The van der Waals surface area contributed by atoms with Crippen LogP contribution in [-0.4, -0.2) is 23.1 Å². The predicted octanol–water partition coefficient (Wildman–Crippen LogP) is 3.16. The Hall–Kier alpha value is -2.30. The normalized spacial score (nSPS) is 13.6. The van der Waals surface area contributed by atoms with Crippen molar-refractivity contribution in [3.63, 3.8) is 0 Å². The summed E-state index contributed by atoms with van der Waals surface area (Å²) in [6.45, 7) is 11.0. The zero-order valence-corrected chi connectivity index (χ0v) is 14.3. The van der Waals surface area contributed by atoms with E-state index in [2.05, 4.69) is 17.2 Å². The standard InChI is InChI=1S/C18H26N2O3/c1-6-12-18(5,20-16(22)23-17(2,3)4)15(21)19-13-14-10-8-7-9-11-14/h6-11H,1,12-13H2,2-5H3,(H,19,21)(H,20,22)/t18-/m0/s1. The van der Waals surface area contributed by atoms with Crippen LogP contribution in [0.15, 0.2) is 43.0 Å². The topological polar surface area (TPSA) is 67.4 Å². The Morgan fingerprint density at radius 1 is 1.17 bits per heavy atom. The Morgan fingerprint density at radius 3 is 2.30 bits per heavy atom. The molecule has 0 aliphatic rings. The fourth-order valence-corrected chi connectivity index (χ4v) is 1.99. The molecule has 2 N–H and O–H groups in total. The minimum absolute atomic E-state index is 0.285. The number of amides is 2. The van der Waals surface area contributed by atoms with Gasteiger partial charge in [-0.25, -0.2) is 4.79 Å². The fourth-order valence-electron chi connectivity index (χ4n) is 1.99. The lowest BCUT2D eigenvalue weighted by atomic mass is 9.96. The van der Waals surface area contributed by atoms with Crippen molar-refractivity contribution in [3.05, 3.63) is 48.6 Å². The van der Waals surface area contributed by atoms with Gasteiger partial charge in [-0.1, -0.05) is 36.4 Å². The van der Waals surface area contributed by atoms with Crippen LogP contribution in [0, 0.1) is 0 Å². The number of nitrogens with one attached hydrogen (secondary N) is 2. The largest absolute Gasteiger partial charge is 0.444 e. The van der Waals surface area contributed by atoms with Crippen LogP contribution in [0.4, 0.5) is 4.79 Å². The second kappa shape index (κ2) is 7.81. The Labute approximate surface area is 138 Å². The molecule has 126 valence electrons. The van der Waals surface area contributed by atoms with Crippen LogP contribution in [0.25, 0.3) is 0 Å². The van der Waals surface area contributed by atoms with Gasteiger partial charge in [-0.15, -0.1) is 6.58 Å². The minimum atomic E-state index is -1.11. The summed E-state index contributed by atoms with van der Waals surface area (Å²) in [6, 6.07) is 9.57. The molecule has 0 radical (unpaired) electrons. The zero-order valence-electron chi connectivity index (χ0n) is 14.3. The highest BCUT2D eigenvalue weighted by Gasteiger charge is 2.35. The van der Waals surface area contributed by atoms with Crippen LogP contribution < -0.4 is 10.6 Å². The monoisotopic (exact) mass is 318 g/mol. The van der Waals surface area contributed by atoms with Gasteiger partial charge < -0.3 is 15.4 Å². The van der Waals surface area contributed by atoms with Crippen molar-refractivity contribution in [2.24, 2.45) is 0 Å². The molecule has 0 fully saturated rings. The van der Waals surface area contributed by atoms with Crippen LogP contribution in [0.5, 0.6) is 0 Å². The van der Waals surface area contributed by atoms with Gasteiger partial charge in [-0.05, 0) is 39.7 Å². The third-order valence-electron chi connectivity index (χ3n) is 3.13. The molecule has 0 aliphatic heterocycles. The van der Waals surface area contributed by atoms with Crippen molar-refractivity contribution >= 4 is 12.0 Å². The van der Waals surface area contributed by atoms with Crippen LogP contribution >= 0.6 is 0 Å². The second-order valence-corrected chi connectivity index (χ2v) is 6.62. The molecular formula is C18H26N2O3. The SMILES string of the molecule is C=CC[C@](C)(NC(=O)OC(C)(C)C)C(=O)NCc1ccccc1. The van der Waals surface area contributed by atoms with E-state index < -0.39 is 17.2 Å². The van der Waals surface area contributed by atoms with Gasteiger partial charge in [0.1, 0.15) is 11.1 Å². The summed E-state index contributed by atoms with van der Waals surface area (Å²) in [5.74, 6) is -0.285. The molecule has 0 saturated carbocycles. The molecular weight excluding hydrogens is 292 g/mol. The zero-order chi connectivity index (χ0) is 17.5. The van der Waals surface area contributed by atoms with E-state index in [1.165, 1.54) is 0 Å². The highest BCUT2D eigenvalue weighted by molar-refractivity contribution is 5.89. The van der Waals surface area contributed by atoms with Crippen molar-refractivity contribution in [1.82, 2.24) is 10.6 Å². The van der Waals surface area contributed by atoms with Crippen molar-refractivity contribution < 1.29 is 14.3 Å². The third-order valence-corrected chi connectivity index (χ3v) is 3.13. The molecule has 0 saturated heterocycles. The molecule has 1 rings (SSSR count). The lowest BCUT2D eigenvalue weighted by Crippen LogP contribution is -2.57. The number of alkyl carbamates (subject to hydrolysis) is 1. The van der Waals surface area contributed by atoms with E-state index >= 15 is 0 Å². The number of benzene rings is 1. The maximum Gasteiger partial charge on any atom is 0.408 e. The van der Waals surface area contributed by atoms with Crippen LogP contribution in [-0.2, 0) is 16.1 Å². The average molecular weight is 318 g/mol. The Balaban J connectivity index is 2.72. The van der Waals surface area contributed by atoms with Gasteiger partial charge in [0.05, 0.1) is 0 Å². The van der Waals surface area contributed by atoms with Gasteiger partial charge in [-0.2, -0.15) is 0 Å². The van der Waals surface area contributed by atoms with Gasteiger partial charge in [0.15, 0.2) is 0 Å². The van der Waals surface area contributed by atoms with Gasteiger partial charge in [0.2, 0.25) is 5.91 Å². The van der Waals surface area contributed by atoms with Crippen molar-refractivity contribution in [3.8, 4) is 0 Å². The van der Waals surface area contributed by atoms with Gasteiger partial charge in [-0.3, -0.25) is 4.79 Å². The molecule has 1 atom stereocenters. The second-order valence-electron chi connectivity index (χ2n) is 6.62. The molecule has 0 spiro atoms. The number of carbonyl (C=O) groups is 2. The van der Waals surface area contributed by atoms with Gasteiger partial charge in [0, 0.05) is 6.54 Å². The summed E-state index contributed by atoms with van der Waals surface area (Å²) in [7, 11) is 0. The molecule has 2 amide bonds. The van der Waals surface area contributed by atoms with E-state index in [9.17, 15) is 9.59 Å². The van der Waals surface area contributed by atoms with E-state index in [1.807, 2.05) is 30.3 Å². The van der Waals surface area contributed by atoms with Gasteiger partial charge >= 0.3 is 6.09 Å². The average Bonchev–Trinajstić information content (AvgIpc) is 2.43. The molecule has 0 bridgehead atoms. The van der Waals surface area contributed by atoms with E-state index in [-0.39, 0.29) is 5.91 Å². The summed E-state index contributed by atoms with van der Waals surface area (Å²) in [4.78, 5) is 24.5. The van der Waals surface area contributed by atoms with Crippen molar-refractivity contribution in [1.29, 1.82) is 0 Å². The molecule has 0 aliphatic carbocycles. The maximum atomic E-state index is 12.5. The molecule has 5 nitrogen and oxygen atoms in total. The summed E-state index contributed by atoms with van der Waals surface area (Å²) >= 11 is 0. The lowest BCUT2D eigenvalue weighted by Gasteiger charge is -2.30. The Bertz CT molecular complexity index is 549. The highest BCUT2D eigenvalue weighted by atomic mass is 16.6. The smallest absolute Gasteiger partial charge is 0.408 e. The maximum absolute atomic E-state index is 12.5. The number of rotatable bonds is 6. The summed E-state index contributed by atoms with van der Waals surface area (Å²) in [5, 5.41) is 5.48. The first-order valence-corrected chi connectivity index (χ1v) is 7.60. The first-order chi connectivity index (χ1) is 10.7. The number of ether oxygens (including phenoxy) is 1. The highest BCUT2D eigenvalue weighted by Crippen LogP contribution is 2.14. The minimum Gasteiger partial charge on any atom is -0.444 e. The van der Waals surface area contributed by atoms with E-state index in [4.69, 9.17) is 4.74 Å². The van der Waals surface area contributed by atoms with E-state index in [0.29, 0.717) is 13.0 Å². The summed E-state index contributed by atoms with van der Waals surface area (Å²) < 4.78 is 5.23. The molecule has 0 heterocycles. The Kier molecular flexibility index (Phi) is 6.37. The lowest BCUT2D eigenvalue weighted by molar-refractivity contribution is -0.127. The summed E-state index contributed by atoms with van der Waals surface area (Å²) in [5.41, 5.74) is -0.752. The number of carbonyl (C=O) groups excluding carboxylic acids is 2. The molecule has 1 aromatic carbocycles. The Morgan fingerprint density at radius 2 is 1.78 bits per heavy atom. The fraction of sp³-hybridized carbons (Fsp3) is 0.444. The quantitative estimate of drug-likeness (QED) is 0.792. The predicted molar refractivity (Wildman–Crippen MR) is 90.9 cm³/mol. The first-order valence-electron chi connectivity index (χ1n) is 7.60. The van der Waals surface area contributed by atoms with Crippen molar-refractivity contribution in [2.45, 2.75) is 51.8 Å². The van der Waals surface area contributed by atoms with Crippen LogP contribution in [0.2, 0.25) is 0 Å². The summed E-state index contributed by atoms with van der Waals surface area (Å²) in [6.07, 6.45) is 1.27. The van der Waals surface area contributed by atoms with Gasteiger partial charge in [0.25, 0.3) is 0 Å². The van der Waals surface area contributed by atoms with E-state index in [0.717, 1.165) is 5.56 Å². The van der Waals surface area contributed by atoms with Crippen LogP contribution in [0.3, 0.4) is 0 Å². The molecule has 1 aromatic rings. The van der Waals surface area contributed by atoms with Crippen molar-refractivity contribution in [2.75, 3.05) is 0 Å². The molecule has 23 heavy (non-hydrogen) atoms. The molecule has 0 aromatic heterocycles. The third kappa shape index (κ3) is 6.55. The first kappa shape index (κ1) is 18.7. The molecule has 0 unspecified atom stereocenters. The molecule has 5 heteroatoms. The van der Waals surface area contributed by atoms with Crippen LogP contribution in [0.1, 0.15) is 39.7 Å². The number of hydrogen-bond donors (Lipinski definition) is 2.